The van der Waals surface area contributed by atoms with E-state index in [0.29, 0.717) is 23.4 Å². The molecule has 0 bridgehead atoms. The van der Waals surface area contributed by atoms with Crippen LogP contribution in [0.25, 0.3) is 0 Å². The normalized spacial score (nSPS) is 39.4. The van der Waals surface area contributed by atoms with Gasteiger partial charge in [-0.1, -0.05) is 20.8 Å². The Morgan fingerprint density at radius 1 is 0.867 bits per heavy atom. The average Bonchev–Trinajstić information content (AvgIpc) is 2.08. The first-order chi connectivity index (χ1) is 5.57. The Morgan fingerprint density at radius 2 is 1.33 bits per heavy atom. The number of rotatable bonds is 1. The summed E-state index contributed by atoms with van der Waals surface area (Å²) >= 11 is 1.84. The summed E-state index contributed by atoms with van der Waals surface area (Å²) in [5.74, 6) is 2.17. The zero-order valence-corrected chi connectivity index (χ0v) is 14.9. The van der Waals surface area contributed by atoms with E-state index in [1.54, 1.807) is 0 Å². The maximum atomic E-state index is 5.89. The van der Waals surface area contributed by atoms with E-state index < -0.39 is 0 Å². The summed E-state index contributed by atoms with van der Waals surface area (Å²) in [4.78, 5) is 0. The van der Waals surface area contributed by atoms with Gasteiger partial charge in [0.1, 0.15) is 5.44 Å². The summed E-state index contributed by atoms with van der Waals surface area (Å²) in [5.41, 5.74) is 0.409. The van der Waals surface area contributed by atoms with E-state index >= 15 is 0 Å². The van der Waals surface area contributed by atoms with Gasteiger partial charge in [-0.15, -0.1) is 11.8 Å². The third-order valence-electron chi connectivity index (χ3n) is 3.41. The molecule has 3 heteroatoms. The van der Waals surface area contributed by atoms with Crippen LogP contribution in [0.5, 0.6) is 0 Å². The summed E-state index contributed by atoms with van der Waals surface area (Å²) in [6.45, 7) is 9.13. The first-order valence-corrected chi connectivity index (χ1v) is 6.05. The molecule has 1 aliphatic heterocycles. The largest absolute Gasteiger partial charge is 0.364 e. The van der Waals surface area contributed by atoms with Gasteiger partial charge in [0.2, 0.25) is 0 Å². The van der Waals surface area contributed by atoms with Crippen LogP contribution in [-0.2, 0) is 37.4 Å². The second kappa shape index (κ2) is 9.44. The molecule has 1 nitrogen and oxygen atoms in total. The SMILES string of the molecule is CSC1OC(C)C(C)C(C)C1C.[CH3-].[CH3-].[Y]. The molecule has 5 atom stereocenters. The van der Waals surface area contributed by atoms with E-state index in [1.165, 1.54) is 0 Å². The van der Waals surface area contributed by atoms with Crippen molar-refractivity contribution in [2.24, 2.45) is 17.8 Å². The smallest absolute Gasteiger partial charge is 0.106 e. The van der Waals surface area contributed by atoms with Crippen molar-refractivity contribution in [1.29, 1.82) is 0 Å². The molecule has 1 aliphatic rings. The minimum absolute atomic E-state index is 0. The van der Waals surface area contributed by atoms with Crippen LogP contribution in [0, 0.1) is 32.6 Å². The molecule has 15 heavy (non-hydrogen) atoms. The zero-order valence-electron chi connectivity index (χ0n) is 11.3. The van der Waals surface area contributed by atoms with Crippen LogP contribution in [0.15, 0.2) is 0 Å². The molecule has 1 heterocycles. The van der Waals surface area contributed by atoms with Crippen molar-refractivity contribution in [3.8, 4) is 0 Å². The third kappa shape index (κ3) is 5.06. The average molecular weight is 307 g/mol. The monoisotopic (exact) mass is 307 g/mol. The quantitative estimate of drug-likeness (QED) is 0.680. The van der Waals surface area contributed by atoms with E-state index in [4.69, 9.17) is 4.74 Å². The Bertz CT molecular complexity index is 150. The Labute approximate surface area is 126 Å². The second-order valence-electron chi connectivity index (χ2n) is 4.02. The predicted molar refractivity (Wildman–Crippen MR) is 68.2 cm³/mol. The van der Waals surface area contributed by atoms with Crippen molar-refractivity contribution in [3.63, 3.8) is 0 Å². The van der Waals surface area contributed by atoms with Gasteiger partial charge in [0.25, 0.3) is 0 Å². The van der Waals surface area contributed by atoms with Crippen molar-refractivity contribution in [3.05, 3.63) is 14.9 Å². The zero-order chi connectivity index (χ0) is 9.30. The van der Waals surface area contributed by atoms with Crippen LogP contribution in [0.1, 0.15) is 27.7 Å². The van der Waals surface area contributed by atoms with E-state index in [9.17, 15) is 0 Å². The number of ether oxygens (including phenoxy) is 1. The summed E-state index contributed by atoms with van der Waals surface area (Å²) in [6.07, 6.45) is 2.56. The van der Waals surface area contributed by atoms with Gasteiger partial charge in [-0.2, -0.15) is 0 Å². The van der Waals surface area contributed by atoms with Gasteiger partial charge in [0.05, 0.1) is 6.10 Å². The number of thioether (sulfide) groups is 1. The van der Waals surface area contributed by atoms with Gasteiger partial charge in [0.15, 0.2) is 0 Å². The summed E-state index contributed by atoms with van der Waals surface area (Å²) in [6, 6.07) is 0. The molecule has 1 radical (unpaired) electrons. The van der Waals surface area contributed by atoms with Gasteiger partial charge >= 0.3 is 0 Å². The number of hydrogen-bond donors (Lipinski definition) is 0. The van der Waals surface area contributed by atoms with Crippen LogP contribution in [0.3, 0.4) is 0 Å². The van der Waals surface area contributed by atoms with E-state index in [1.807, 2.05) is 11.8 Å². The van der Waals surface area contributed by atoms with Crippen LogP contribution in [-0.4, -0.2) is 17.8 Å². The Hall–Kier alpha value is 1.41. The van der Waals surface area contributed by atoms with Gasteiger partial charge in [0, 0.05) is 32.7 Å². The first kappa shape index (κ1) is 21.7. The molecule has 91 valence electrons. The number of hydrogen-bond acceptors (Lipinski definition) is 2. The minimum Gasteiger partial charge on any atom is -0.364 e. The van der Waals surface area contributed by atoms with Gasteiger partial charge in [-0.25, -0.2) is 0 Å². The molecule has 5 unspecified atom stereocenters. The van der Waals surface area contributed by atoms with E-state index in [2.05, 4.69) is 34.0 Å². The van der Waals surface area contributed by atoms with Gasteiger partial charge in [-0.05, 0) is 30.9 Å². The van der Waals surface area contributed by atoms with Crippen molar-refractivity contribution in [2.75, 3.05) is 6.26 Å². The Morgan fingerprint density at radius 3 is 1.73 bits per heavy atom. The second-order valence-corrected chi connectivity index (χ2v) is 4.96. The molecular weight excluding hydrogens is 281 g/mol. The molecule has 1 rings (SSSR count). The summed E-state index contributed by atoms with van der Waals surface area (Å²) in [5, 5.41) is 0. The molecule has 0 saturated carbocycles. The fourth-order valence-corrected chi connectivity index (χ4v) is 2.85. The predicted octanol–water partition coefficient (Wildman–Crippen LogP) is 3.90. The molecule has 1 fully saturated rings. The Balaban J connectivity index is -0.000000480. The van der Waals surface area contributed by atoms with E-state index in [-0.39, 0.29) is 47.6 Å². The molecule has 0 amide bonds. The van der Waals surface area contributed by atoms with Crippen LogP contribution in [0.4, 0.5) is 0 Å². The minimum atomic E-state index is 0. The molecule has 0 spiro atoms. The summed E-state index contributed by atoms with van der Waals surface area (Å²) < 4.78 is 5.89. The molecule has 1 saturated heterocycles. The molecule has 0 aromatic heterocycles. The molecule has 0 N–H and O–H groups in total. The fraction of sp³-hybridized carbons (Fsp3) is 0.833. The topological polar surface area (TPSA) is 9.23 Å². The van der Waals surface area contributed by atoms with Crippen LogP contribution >= 0.6 is 11.8 Å². The molecule has 0 aromatic carbocycles. The van der Waals surface area contributed by atoms with Gasteiger partial charge < -0.3 is 19.6 Å². The van der Waals surface area contributed by atoms with Crippen molar-refractivity contribution >= 4 is 11.8 Å². The Kier molecular flexibility index (Phi) is 13.6. The van der Waals surface area contributed by atoms with Crippen molar-refractivity contribution < 1.29 is 37.4 Å². The fourth-order valence-electron chi connectivity index (χ4n) is 1.88. The first-order valence-electron chi connectivity index (χ1n) is 4.76. The molecular formula is C12H26OSY-2. The van der Waals surface area contributed by atoms with E-state index in [0.717, 1.165) is 5.92 Å². The van der Waals surface area contributed by atoms with Crippen molar-refractivity contribution in [2.45, 2.75) is 39.2 Å². The molecule has 0 aromatic rings. The van der Waals surface area contributed by atoms with Crippen LogP contribution < -0.4 is 0 Å². The summed E-state index contributed by atoms with van der Waals surface area (Å²) in [7, 11) is 0. The third-order valence-corrected chi connectivity index (χ3v) is 4.41. The van der Waals surface area contributed by atoms with Crippen molar-refractivity contribution in [1.82, 2.24) is 0 Å². The van der Waals surface area contributed by atoms with Crippen LogP contribution in [0.2, 0.25) is 0 Å². The standard InChI is InChI=1S/C10H20OS.2CH3.Y/c1-6-7(2)9(4)11-10(12-5)8(6)3;;;/h6-10H,1-5H3;2*1H3;/q;2*-1;. The molecule has 0 aliphatic carbocycles. The maximum Gasteiger partial charge on any atom is 0.106 e. The maximum absolute atomic E-state index is 5.89. The van der Waals surface area contributed by atoms with Gasteiger partial charge in [-0.3, -0.25) is 0 Å².